The van der Waals surface area contributed by atoms with E-state index in [1.54, 1.807) is 4.31 Å². The molecule has 0 radical (unpaired) electrons. The fourth-order valence-electron chi connectivity index (χ4n) is 3.04. The van der Waals surface area contributed by atoms with E-state index < -0.39 is 10.0 Å². The fourth-order valence-corrected chi connectivity index (χ4v) is 5.17. The molecule has 2 atom stereocenters. The molecule has 2 N–H and O–H groups in total. The second kappa shape index (κ2) is 6.87. The third-order valence-corrected chi connectivity index (χ3v) is 6.97. The number of aryl methyl sites for hydroxylation is 2. The summed E-state index contributed by atoms with van der Waals surface area (Å²) in [6, 6.07) is 2.15. The Kier molecular flexibility index (Phi) is 6.07. The van der Waals surface area contributed by atoms with E-state index in [1.165, 1.54) is 0 Å². The second-order valence-electron chi connectivity index (χ2n) is 6.38. The Morgan fingerprint density at radius 3 is 2.09 bits per heavy atom. The molecular weight excluding hydrogens is 320 g/mol. The third kappa shape index (κ3) is 3.32. The number of piperidine rings is 1. The summed E-state index contributed by atoms with van der Waals surface area (Å²) in [6.07, 6.45) is 0.725. The van der Waals surface area contributed by atoms with E-state index in [2.05, 4.69) is 6.07 Å². The van der Waals surface area contributed by atoms with Gasteiger partial charge in [0.05, 0.1) is 4.90 Å². The van der Waals surface area contributed by atoms with Gasteiger partial charge in [-0.2, -0.15) is 4.31 Å². The predicted octanol–water partition coefficient (Wildman–Crippen LogP) is 2.70. The quantitative estimate of drug-likeness (QED) is 0.895. The molecule has 22 heavy (non-hydrogen) atoms. The van der Waals surface area contributed by atoms with Crippen LogP contribution in [0.3, 0.4) is 0 Å². The molecule has 2 unspecified atom stereocenters. The number of rotatable bonds is 2. The highest BCUT2D eigenvalue weighted by Crippen LogP contribution is 2.30. The Labute approximate surface area is 140 Å². The third-order valence-electron chi connectivity index (χ3n) is 4.83. The highest BCUT2D eigenvalue weighted by molar-refractivity contribution is 7.89. The summed E-state index contributed by atoms with van der Waals surface area (Å²) in [4.78, 5) is 0.489. The standard InChI is InChI=1S/C16H26N2O2S.ClH/c1-10-8-11(2)14(5)16(13(10)4)21(19,20)18-7-6-15(17)12(3)9-18;/h8,12,15H,6-7,9,17H2,1-5H3;1H. The summed E-state index contributed by atoms with van der Waals surface area (Å²) in [5.74, 6) is 0.194. The fraction of sp³-hybridized carbons (Fsp3) is 0.625. The van der Waals surface area contributed by atoms with E-state index in [0.717, 1.165) is 28.7 Å². The minimum Gasteiger partial charge on any atom is -0.327 e. The van der Waals surface area contributed by atoms with E-state index in [-0.39, 0.29) is 24.4 Å². The van der Waals surface area contributed by atoms with Crippen LogP contribution < -0.4 is 5.73 Å². The van der Waals surface area contributed by atoms with Gasteiger partial charge >= 0.3 is 0 Å². The van der Waals surface area contributed by atoms with Crippen molar-refractivity contribution in [3.8, 4) is 0 Å². The molecule has 1 aliphatic heterocycles. The van der Waals surface area contributed by atoms with Gasteiger partial charge in [-0.25, -0.2) is 8.42 Å². The van der Waals surface area contributed by atoms with E-state index in [9.17, 15) is 8.42 Å². The van der Waals surface area contributed by atoms with Gasteiger partial charge in [-0.15, -0.1) is 12.4 Å². The van der Waals surface area contributed by atoms with Crippen molar-refractivity contribution in [1.29, 1.82) is 0 Å². The lowest BCUT2D eigenvalue weighted by atomic mass is 9.96. The number of benzene rings is 1. The van der Waals surface area contributed by atoms with Crippen LogP contribution >= 0.6 is 12.4 Å². The summed E-state index contributed by atoms with van der Waals surface area (Å²) < 4.78 is 27.7. The minimum absolute atomic E-state index is 0. The number of nitrogens with zero attached hydrogens (tertiary/aromatic N) is 1. The van der Waals surface area contributed by atoms with E-state index in [1.807, 2.05) is 34.6 Å². The van der Waals surface area contributed by atoms with E-state index >= 15 is 0 Å². The number of hydrogen-bond acceptors (Lipinski definition) is 3. The van der Waals surface area contributed by atoms with Crippen LogP contribution in [0.1, 0.15) is 35.6 Å². The molecule has 1 heterocycles. The summed E-state index contributed by atoms with van der Waals surface area (Å²) in [6.45, 7) is 10.8. The van der Waals surface area contributed by atoms with Gasteiger partial charge in [0.1, 0.15) is 0 Å². The van der Waals surface area contributed by atoms with Crippen LogP contribution in [-0.2, 0) is 10.0 Å². The molecule has 0 spiro atoms. The molecule has 126 valence electrons. The van der Waals surface area contributed by atoms with Crippen LogP contribution in [0.4, 0.5) is 0 Å². The van der Waals surface area contributed by atoms with Crippen LogP contribution in [0, 0.1) is 33.6 Å². The molecule has 1 saturated heterocycles. The highest BCUT2D eigenvalue weighted by Gasteiger charge is 2.34. The Bertz CT molecular complexity index is 632. The van der Waals surface area contributed by atoms with Gasteiger partial charge in [0, 0.05) is 19.1 Å². The molecule has 0 bridgehead atoms. The molecule has 2 rings (SSSR count). The summed E-state index contributed by atoms with van der Waals surface area (Å²) in [7, 11) is -3.45. The highest BCUT2D eigenvalue weighted by atomic mass is 35.5. The van der Waals surface area contributed by atoms with Gasteiger partial charge in [0.15, 0.2) is 0 Å². The zero-order valence-corrected chi connectivity index (χ0v) is 15.6. The largest absolute Gasteiger partial charge is 0.327 e. The number of nitrogens with two attached hydrogens (primary N) is 1. The molecule has 0 saturated carbocycles. The van der Waals surface area contributed by atoms with Gasteiger partial charge < -0.3 is 5.73 Å². The van der Waals surface area contributed by atoms with Crippen molar-refractivity contribution >= 4 is 22.4 Å². The Morgan fingerprint density at radius 2 is 1.64 bits per heavy atom. The molecule has 0 aliphatic carbocycles. The maximum atomic E-state index is 13.1. The zero-order chi connectivity index (χ0) is 15.9. The van der Waals surface area contributed by atoms with Crippen molar-refractivity contribution in [3.63, 3.8) is 0 Å². The van der Waals surface area contributed by atoms with E-state index in [0.29, 0.717) is 18.0 Å². The van der Waals surface area contributed by atoms with Gasteiger partial charge in [-0.1, -0.05) is 13.0 Å². The normalized spacial score (nSPS) is 23.2. The molecule has 0 amide bonds. The molecule has 1 aromatic rings. The first-order valence-corrected chi connectivity index (χ1v) is 8.93. The smallest absolute Gasteiger partial charge is 0.243 e. The number of hydrogen-bond donors (Lipinski definition) is 1. The average Bonchev–Trinajstić information content (AvgIpc) is 2.39. The molecule has 6 heteroatoms. The topological polar surface area (TPSA) is 63.4 Å². The molecule has 4 nitrogen and oxygen atoms in total. The Balaban J connectivity index is 0.00000242. The van der Waals surface area contributed by atoms with Gasteiger partial charge in [0.2, 0.25) is 10.0 Å². The summed E-state index contributed by atoms with van der Waals surface area (Å²) >= 11 is 0. The maximum Gasteiger partial charge on any atom is 0.243 e. The van der Waals surface area contributed by atoms with Crippen molar-refractivity contribution in [3.05, 3.63) is 28.3 Å². The van der Waals surface area contributed by atoms with Crippen molar-refractivity contribution in [2.24, 2.45) is 11.7 Å². The van der Waals surface area contributed by atoms with Crippen LogP contribution in [0.2, 0.25) is 0 Å². The summed E-state index contributed by atoms with van der Waals surface area (Å²) in [5, 5.41) is 0. The van der Waals surface area contributed by atoms with Crippen molar-refractivity contribution < 1.29 is 8.42 Å². The van der Waals surface area contributed by atoms with Gasteiger partial charge in [0.25, 0.3) is 0 Å². The molecular formula is C16H27ClN2O2S. The first-order valence-electron chi connectivity index (χ1n) is 7.49. The van der Waals surface area contributed by atoms with E-state index in [4.69, 9.17) is 5.73 Å². The lowest BCUT2D eigenvalue weighted by Crippen LogP contribution is -2.48. The molecule has 0 aromatic heterocycles. The molecule has 1 aliphatic rings. The predicted molar refractivity (Wildman–Crippen MR) is 93.2 cm³/mol. The Morgan fingerprint density at radius 1 is 1.14 bits per heavy atom. The van der Waals surface area contributed by atoms with Crippen LogP contribution in [0.15, 0.2) is 11.0 Å². The number of halogens is 1. The second-order valence-corrected chi connectivity index (χ2v) is 8.26. The SMILES string of the molecule is Cc1cc(C)c(C)c(S(=O)(=O)N2CCC(N)C(C)C2)c1C.Cl. The molecule has 1 aromatic carbocycles. The lowest BCUT2D eigenvalue weighted by Gasteiger charge is -2.35. The van der Waals surface area contributed by atoms with Crippen molar-refractivity contribution in [2.45, 2.75) is 52.0 Å². The van der Waals surface area contributed by atoms with Crippen LogP contribution in [0.25, 0.3) is 0 Å². The van der Waals surface area contributed by atoms with Crippen molar-refractivity contribution in [1.82, 2.24) is 4.31 Å². The first-order chi connectivity index (χ1) is 9.66. The monoisotopic (exact) mass is 346 g/mol. The average molecular weight is 347 g/mol. The lowest BCUT2D eigenvalue weighted by molar-refractivity contribution is 0.250. The maximum absolute atomic E-state index is 13.1. The van der Waals surface area contributed by atoms with Crippen LogP contribution in [-0.4, -0.2) is 31.9 Å². The Hall–Kier alpha value is -0.620. The zero-order valence-electron chi connectivity index (χ0n) is 14.0. The minimum atomic E-state index is -3.45. The van der Waals surface area contributed by atoms with Gasteiger partial charge in [-0.05, 0) is 62.3 Å². The number of sulfonamides is 1. The van der Waals surface area contributed by atoms with Gasteiger partial charge in [-0.3, -0.25) is 0 Å². The first kappa shape index (κ1) is 19.4. The van der Waals surface area contributed by atoms with Crippen LogP contribution in [0.5, 0.6) is 0 Å². The van der Waals surface area contributed by atoms with Crippen molar-refractivity contribution in [2.75, 3.05) is 13.1 Å². The molecule has 1 fully saturated rings. The summed E-state index contributed by atoms with van der Waals surface area (Å²) in [5.41, 5.74) is 9.79.